The number of hydrogen-bond donors (Lipinski definition) is 1. The first-order valence-corrected chi connectivity index (χ1v) is 7.61. The Bertz CT molecular complexity index is 516. The van der Waals surface area contributed by atoms with E-state index in [0.717, 1.165) is 10.0 Å². The maximum Gasteiger partial charge on any atom is 0.308 e. The van der Waals surface area contributed by atoms with Crippen molar-refractivity contribution in [2.75, 3.05) is 6.54 Å². The monoisotopic (exact) mass is 339 g/mol. The molecular weight excluding hydrogens is 322 g/mol. The minimum atomic E-state index is -0.830. The summed E-state index contributed by atoms with van der Waals surface area (Å²) in [6.45, 7) is 2.42. The van der Waals surface area contributed by atoms with E-state index in [1.165, 1.54) is 0 Å². The summed E-state index contributed by atoms with van der Waals surface area (Å²) < 4.78 is 0.895. The molecule has 1 aromatic carbocycles. The van der Waals surface area contributed by atoms with Crippen molar-refractivity contribution in [1.29, 1.82) is 0 Å². The number of rotatable bonds is 3. The smallest absolute Gasteiger partial charge is 0.308 e. The fourth-order valence-corrected chi connectivity index (χ4v) is 3.30. The summed E-state index contributed by atoms with van der Waals surface area (Å²) in [5.74, 6) is -1.33. The molecular formula is C15H18BrNO3. The van der Waals surface area contributed by atoms with Crippen molar-refractivity contribution >= 4 is 27.8 Å². The number of carbonyl (C=O) groups excluding carboxylic acids is 1. The number of aliphatic carboxylic acids is 1. The fraction of sp³-hybridized carbons (Fsp3) is 0.467. The van der Waals surface area contributed by atoms with Crippen LogP contribution in [0.15, 0.2) is 28.7 Å². The molecule has 108 valence electrons. The number of carbonyl (C=O) groups is 2. The van der Waals surface area contributed by atoms with E-state index in [1.807, 2.05) is 31.2 Å². The third-order valence-electron chi connectivity index (χ3n) is 3.79. The molecule has 0 spiro atoms. The van der Waals surface area contributed by atoms with Gasteiger partial charge in [0.05, 0.1) is 12.0 Å². The molecule has 2 atom stereocenters. The zero-order chi connectivity index (χ0) is 14.7. The van der Waals surface area contributed by atoms with Crippen LogP contribution in [0.25, 0.3) is 0 Å². The molecule has 4 nitrogen and oxygen atoms in total. The zero-order valence-corrected chi connectivity index (χ0v) is 13.0. The lowest BCUT2D eigenvalue weighted by Gasteiger charge is -2.33. The number of carboxylic acid groups (broad SMARTS) is 1. The topological polar surface area (TPSA) is 57.6 Å². The number of carboxylic acids is 1. The van der Waals surface area contributed by atoms with Gasteiger partial charge in [0.15, 0.2) is 0 Å². The van der Waals surface area contributed by atoms with Crippen molar-refractivity contribution in [2.24, 2.45) is 5.92 Å². The minimum absolute atomic E-state index is 0.0428. The van der Waals surface area contributed by atoms with Crippen molar-refractivity contribution in [3.8, 4) is 0 Å². The van der Waals surface area contributed by atoms with Gasteiger partial charge in [-0.05, 0) is 37.5 Å². The average molecular weight is 340 g/mol. The van der Waals surface area contributed by atoms with Crippen LogP contribution < -0.4 is 0 Å². The van der Waals surface area contributed by atoms with Gasteiger partial charge in [-0.3, -0.25) is 9.59 Å². The van der Waals surface area contributed by atoms with Crippen LogP contribution in [0.1, 0.15) is 37.8 Å². The normalized spacial score (nSPS) is 23.5. The standard InChI is InChI=1S/C15H18BrNO3/c1-2-17-13(18)8-4-7-12(15(19)20)14(17)10-5-3-6-11(16)9-10/h3,5-6,9,12,14H,2,4,7-8H2,1H3,(H,19,20). The molecule has 1 aliphatic heterocycles. The Morgan fingerprint density at radius 2 is 2.25 bits per heavy atom. The maximum atomic E-state index is 12.2. The van der Waals surface area contributed by atoms with E-state index >= 15 is 0 Å². The lowest BCUT2D eigenvalue weighted by atomic mass is 9.89. The van der Waals surface area contributed by atoms with Gasteiger partial charge in [-0.1, -0.05) is 28.1 Å². The van der Waals surface area contributed by atoms with Gasteiger partial charge in [-0.2, -0.15) is 0 Å². The maximum absolute atomic E-state index is 12.2. The molecule has 0 radical (unpaired) electrons. The second kappa shape index (κ2) is 6.39. The largest absolute Gasteiger partial charge is 0.481 e. The molecule has 0 aliphatic carbocycles. The molecule has 2 unspecified atom stereocenters. The Balaban J connectivity index is 2.48. The van der Waals surface area contributed by atoms with E-state index < -0.39 is 11.9 Å². The molecule has 0 aromatic heterocycles. The molecule has 1 aromatic rings. The van der Waals surface area contributed by atoms with Gasteiger partial charge in [0.25, 0.3) is 0 Å². The van der Waals surface area contributed by atoms with E-state index in [9.17, 15) is 14.7 Å². The highest BCUT2D eigenvalue weighted by molar-refractivity contribution is 9.10. The van der Waals surface area contributed by atoms with E-state index in [0.29, 0.717) is 25.8 Å². The molecule has 1 fully saturated rings. The molecule has 2 rings (SSSR count). The number of halogens is 1. The van der Waals surface area contributed by atoms with E-state index in [-0.39, 0.29) is 11.9 Å². The van der Waals surface area contributed by atoms with Gasteiger partial charge in [0, 0.05) is 17.4 Å². The van der Waals surface area contributed by atoms with E-state index in [2.05, 4.69) is 15.9 Å². The molecule has 20 heavy (non-hydrogen) atoms. The van der Waals surface area contributed by atoms with Crippen molar-refractivity contribution in [1.82, 2.24) is 4.90 Å². The van der Waals surface area contributed by atoms with Crippen LogP contribution in [0.4, 0.5) is 0 Å². The number of likely N-dealkylation sites (tertiary alicyclic amines) is 1. The van der Waals surface area contributed by atoms with Gasteiger partial charge in [-0.25, -0.2) is 0 Å². The summed E-state index contributed by atoms with van der Waals surface area (Å²) >= 11 is 3.41. The first kappa shape index (κ1) is 15.0. The Morgan fingerprint density at radius 3 is 2.85 bits per heavy atom. The zero-order valence-electron chi connectivity index (χ0n) is 11.4. The molecule has 1 N–H and O–H groups in total. The Morgan fingerprint density at radius 1 is 1.50 bits per heavy atom. The summed E-state index contributed by atoms with van der Waals surface area (Å²) in [5, 5.41) is 9.51. The van der Waals surface area contributed by atoms with Gasteiger partial charge < -0.3 is 10.0 Å². The third kappa shape index (κ3) is 3.03. The second-order valence-corrected chi connectivity index (χ2v) is 5.93. The summed E-state index contributed by atoms with van der Waals surface area (Å²) in [7, 11) is 0. The minimum Gasteiger partial charge on any atom is -0.481 e. The highest BCUT2D eigenvalue weighted by atomic mass is 79.9. The number of benzene rings is 1. The first-order chi connectivity index (χ1) is 9.54. The molecule has 0 bridgehead atoms. The van der Waals surface area contributed by atoms with Gasteiger partial charge >= 0.3 is 5.97 Å². The lowest BCUT2D eigenvalue weighted by molar-refractivity contribution is -0.146. The summed E-state index contributed by atoms with van der Waals surface area (Å²) in [4.78, 5) is 25.5. The van der Waals surface area contributed by atoms with Crippen LogP contribution in [-0.2, 0) is 9.59 Å². The predicted octanol–water partition coefficient (Wildman–Crippen LogP) is 3.22. The lowest BCUT2D eigenvalue weighted by Crippen LogP contribution is -2.38. The molecule has 1 saturated heterocycles. The first-order valence-electron chi connectivity index (χ1n) is 6.82. The van der Waals surface area contributed by atoms with Crippen molar-refractivity contribution in [2.45, 2.75) is 32.2 Å². The second-order valence-electron chi connectivity index (χ2n) is 5.02. The van der Waals surface area contributed by atoms with Crippen LogP contribution in [0, 0.1) is 5.92 Å². The summed E-state index contributed by atoms with van der Waals surface area (Å²) in [5.41, 5.74) is 0.879. The molecule has 1 amide bonds. The molecule has 5 heteroatoms. The van der Waals surface area contributed by atoms with Crippen LogP contribution in [0.3, 0.4) is 0 Å². The summed E-state index contributed by atoms with van der Waals surface area (Å²) in [6.07, 6.45) is 1.60. The van der Waals surface area contributed by atoms with Crippen molar-refractivity contribution in [3.63, 3.8) is 0 Å². The van der Waals surface area contributed by atoms with E-state index in [1.54, 1.807) is 4.90 Å². The number of amides is 1. The Hall–Kier alpha value is -1.36. The van der Waals surface area contributed by atoms with Crippen LogP contribution in [0.5, 0.6) is 0 Å². The molecule has 1 aliphatic rings. The van der Waals surface area contributed by atoms with Crippen LogP contribution in [-0.4, -0.2) is 28.4 Å². The van der Waals surface area contributed by atoms with E-state index in [4.69, 9.17) is 0 Å². The van der Waals surface area contributed by atoms with Gasteiger partial charge in [-0.15, -0.1) is 0 Å². The molecule has 1 heterocycles. The highest BCUT2D eigenvalue weighted by Crippen LogP contribution is 2.36. The summed E-state index contributed by atoms with van der Waals surface area (Å²) in [6, 6.07) is 7.19. The number of nitrogens with zero attached hydrogens (tertiary/aromatic N) is 1. The SMILES string of the molecule is CCN1C(=O)CCCC(C(=O)O)C1c1cccc(Br)c1. The predicted molar refractivity (Wildman–Crippen MR) is 79.2 cm³/mol. The van der Waals surface area contributed by atoms with Crippen molar-refractivity contribution in [3.05, 3.63) is 34.3 Å². The third-order valence-corrected chi connectivity index (χ3v) is 4.28. The average Bonchev–Trinajstić information content (AvgIpc) is 2.57. The Labute approximate surface area is 126 Å². The fourth-order valence-electron chi connectivity index (χ4n) is 2.88. The van der Waals surface area contributed by atoms with Crippen molar-refractivity contribution < 1.29 is 14.7 Å². The highest BCUT2D eigenvalue weighted by Gasteiger charge is 2.37. The Kier molecular flexibility index (Phi) is 4.81. The number of hydrogen-bond acceptors (Lipinski definition) is 2. The quantitative estimate of drug-likeness (QED) is 0.919. The molecule has 0 saturated carbocycles. The van der Waals surface area contributed by atoms with Crippen LogP contribution >= 0.6 is 15.9 Å². The van der Waals surface area contributed by atoms with Crippen LogP contribution in [0.2, 0.25) is 0 Å². The van der Waals surface area contributed by atoms with Gasteiger partial charge in [0.2, 0.25) is 5.91 Å². The van der Waals surface area contributed by atoms with Gasteiger partial charge in [0.1, 0.15) is 0 Å².